The number of nitrogens with one attached hydrogen (secondary N) is 2. The Bertz CT molecular complexity index is 1120. The predicted molar refractivity (Wildman–Crippen MR) is 118 cm³/mol. The van der Waals surface area contributed by atoms with Crippen LogP contribution in [0.4, 0.5) is 5.69 Å². The Morgan fingerprint density at radius 3 is 2.59 bits per heavy atom. The van der Waals surface area contributed by atoms with E-state index in [4.69, 9.17) is 6.57 Å². The van der Waals surface area contributed by atoms with Gasteiger partial charge >= 0.3 is 6.17 Å². The summed E-state index contributed by atoms with van der Waals surface area (Å²) in [5, 5.41) is 5.86. The third kappa shape index (κ3) is 3.42. The van der Waals surface area contributed by atoms with E-state index in [9.17, 15) is 14.4 Å². The van der Waals surface area contributed by atoms with E-state index in [0.717, 1.165) is 29.7 Å². The van der Waals surface area contributed by atoms with Gasteiger partial charge in [0.25, 0.3) is 0 Å². The van der Waals surface area contributed by atoms with Gasteiger partial charge in [-0.05, 0) is 36.5 Å². The monoisotopic (exact) mass is 428 g/mol. The van der Waals surface area contributed by atoms with E-state index in [2.05, 4.69) is 15.5 Å². The highest BCUT2D eigenvalue weighted by Crippen LogP contribution is 2.47. The first kappa shape index (κ1) is 20.3. The van der Waals surface area contributed by atoms with E-state index >= 15 is 0 Å². The van der Waals surface area contributed by atoms with Gasteiger partial charge in [-0.15, -0.1) is 0 Å². The summed E-state index contributed by atoms with van der Waals surface area (Å²) >= 11 is 0. The van der Waals surface area contributed by atoms with E-state index in [1.807, 2.05) is 54.6 Å². The van der Waals surface area contributed by atoms with Crippen molar-refractivity contribution < 1.29 is 14.4 Å². The van der Waals surface area contributed by atoms with Crippen molar-refractivity contribution in [2.24, 2.45) is 5.92 Å². The second kappa shape index (κ2) is 7.79. The van der Waals surface area contributed by atoms with Gasteiger partial charge in [0, 0.05) is 18.3 Å². The standard InChI is InChI=1S/C25H24N4O3/c1-26-21-14-25(19-9-5-6-10-20(19)28-24(25)32)15-29(21)23(31)18(22(30)27-17-11-12-17)13-16-7-3-2-4-8-16/h2-10,17-18,21H,11-15H2,(H,27,30)(H,28,32)/t18-,21+,25+/m1/s1. The molecule has 7 heteroatoms. The normalized spacial score (nSPS) is 24.5. The molecule has 5 rings (SSSR count). The van der Waals surface area contributed by atoms with Crippen LogP contribution < -0.4 is 10.6 Å². The molecule has 1 aliphatic carbocycles. The number of carbonyl (C=O) groups excluding carboxylic acids is 3. The Kier molecular flexibility index (Phi) is 4.93. The summed E-state index contributed by atoms with van der Waals surface area (Å²) < 4.78 is 0. The van der Waals surface area contributed by atoms with Crippen LogP contribution in [0.2, 0.25) is 0 Å². The molecule has 2 heterocycles. The van der Waals surface area contributed by atoms with Crippen molar-refractivity contribution in [3.8, 4) is 0 Å². The van der Waals surface area contributed by atoms with Crippen molar-refractivity contribution in [2.45, 2.75) is 43.3 Å². The maximum Gasteiger partial charge on any atom is 0.302 e. The molecule has 2 N–H and O–H groups in total. The minimum absolute atomic E-state index is 0.101. The van der Waals surface area contributed by atoms with Crippen molar-refractivity contribution in [2.75, 3.05) is 11.9 Å². The summed E-state index contributed by atoms with van der Waals surface area (Å²) in [4.78, 5) is 44.9. The quantitative estimate of drug-likeness (QED) is 0.567. The van der Waals surface area contributed by atoms with Gasteiger partial charge < -0.3 is 10.6 Å². The van der Waals surface area contributed by atoms with Crippen molar-refractivity contribution in [3.05, 3.63) is 77.1 Å². The highest BCUT2D eigenvalue weighted by Gasteiger charge is 2.59. The molecule has 0 bridgehead atoms. The summed E-state index contributed by atoms with van der Waals surface area (Å²) in [6, 6.07) is 17.0. The molecule has 7 nitrogen and oxygen atoms in total. The SMILES string of the molecule is [C-]#[N+][C@@H]1C[C@@]2(CN1C(=O)[C@H](Cc1ccccc1)C(=O)NC1CC1)C(=O)Nc1ccccc12. The molecule has 3 amide bonds. The molecule has 2 aromatic carbocycles. The maximum atomic E-state index is 13.7. The van der Waals surface area contributed by atoms with Crippen LogP contribution in [0.15, 0.2) is 54.6 Å². The number of fused-ring (bicyclic) bond motifs is 2. The van der Waals surface area contributed by atoms with Crippen LogP contribution in [0.25, 0.3) is 4.85 Å². The number of rotatable bonds is 5. The zero-order chi connectivity index (χ0) is 22.3. The van der Waals surface area contributed by atoms with Crippen LogP contribution >= 0.6 is 0 Å². The molecule has 0 aromatic heterocycles. The van der Waals surface area contributed by atoms with Gasteiger partial charge in [-0.3, -0.25) is 24.1 Å². The van der Waals surface area contributed by atoms with Crippen LogP contribution in [-0.4, -0.2) is 41.4 Å². The van der Waals surface area contributed by atoms with Crippen LogP contribution in [0, 0.1) is 12.5 Å². The Morgan fingerprint density at radius 2 is 1.88 bits per heavy atom. The predicted octanol–water partition coefficient (Wildman–Crippen LogP) is 2.49. The molecule has 3 aliphatic rings. The molecule has 3 atom stereocenters. The molecule has 2 aromatic rings. The zero-order valence-electron chi connectivity index (χ0n) is 17.6. The molecular formula is C25H24N4O3. The summed E-state index contributed by atoms with van der Waals surface area (Å²) in [5.41, 5.74) is 1.47. The van der Waals surface area contributed by atoms with Crippen molar-refractivity contribution >= 4 is 23.4 Å². The number of likely N-dealkylation sites (tertiary alicyclic amines) is 1. The number of hydrogen-bond donors (Lipinski definition) is 2. The highest BCUT2D eigenvalue weighted by atomic mass is 16.2. The third-order valence-electron chi connectivity index (χ3n) is 6.71. The number of anilines is 1. The lowest BCUT2D eigenvalue weighted by Crippen LogP contribution is -2.47. The highest BCUT2D eigenvalue weighted by molar-refractivity contribution is 6.08. The molecule has 0 radical (unpaired) electrons. The van der Waals surface area contributed by atoms with Crippen LogP contribution in [0.3, 0.4) is 0 Å². The van der Waals surface area contributed by atoms with E-state index in [0.29, 0.717) is 0 Å². The maximum absolute atomic E-state index is 13.7. The lowest BCUT2D eigenvalue weighted by molar-refractivity contribution is -0.142. The number of amides is 3. The Balaban J connectivity index is 1.45. The van der Waals surface area contributed by atoms with Crippen LogP contribution in [-0.2, 0) is 26.2 Å². The van der Waals surface area contributed by atoms with Gasteiger partial charge in [-0.2, -0.15) is 0 Å². The fourth-order valence-corrected chi connectivity index (χ4v) is 4.83. The smallest absolute Gasteiger partial charge is 0.302 e. The number of carbonyl (C=O) groups is 3. The van der Waals surface area contributed by atoms with E-state index < -0.39 is 17.5 Å². The zero-order valence-corrected chi connectivity index (χ0v) is 17.6. The van der Waals surface area contributed by atoms with Crippen molar-refractivity contribution in [1.82, 2.24) is 10.2 Å². The summed E-state index contributed by atoms with van der Waals surface area (Å²) in [6.07, 6.45) is 1.55. The first-order valence-electron chi connectivity index (χ1n) is 10.9. The fraction of sp³-hybridized carbons (Fsp3) is 0.360. The average Bonchev–Trinajstić information content (AvgIpc) is 3.47. The molecule has 2 aliphatic heterocycles. The molecule has 2 fully saturated rings. The number of hydrogen-bond acceptors (Lipinski definition) is 3. The minimum atomic E-state index is -0.953. The third-order valence-corrected chi connectivity index (χ3v) is 6.71. The van der Waals surface area contributed by atoms with Gasteiger partial charge in [-0.1, -0.05) is 48.5 Å². The lowest BCUT2D eigenvalue weighted by Gasteiger charge is -2.25. The van der Waals surface area contributed by atoms with E-state index in [-0.39, 0.29) is 43.1 Å². The minimum Gasteiger partial charge on any atom is -0.353 e. The largest absolute Gasteiger partial charge is 0.353 e. The molecule has 162 valence electrons. The molecule has 1 saturated carbocycles. The van der Waals surface area contributed by atoms with E-state index in [1.54, 1.807) is 0 Å². The van der Waals surface area contributed by atoms with Gasteiger partial charge in [0.05, 0.1) is 6.42 Å². The van der Waals surface area contributed by atoms with Crippen molar-refractivity contribution in [3.63, 3.8) is 0 Å². The second-order valence-corrected chi connectivity index (χ2v) is 8.89. The van der Waals surface area contributed by atoms with Gasteiger partial charge in [0.1, 0.15) is 11.3 Å². The first-order valence-corrected chi connectivity index (χ1v) is 10.9. The average molecular weight is 428 g/mol. The van der Waals surface area contributed by atoms with Gasteiger partial charge in [0.15, 0.2) is 0 Å². The Labute approximate surface area is 186 Å². The Morgan fingerprint density at radius 1 is 1.16 bits per heavy atom. The van der Waals surface area contributed by atoms with Crippen LogP contribution in [0.1, 0.15) is 30.4 Å². The summed E-state index contributed by atoms with van der Waals surface area (Å²) in [5.74, 6) is -1.81. The molecule has 32 heavy (non-hydrogen) atoms. The van der Waals surface area contributed by atoms with Crippen molar-refractivity contribution in [1.29, 1.82) is 0 Å². The molecule has 0 unspecified atom stereocenters. The number of para-hydroxylation sites is 1. The topological polar surface area (TPSA) is 82.9 Å². The van der Waals surface area contributed by atoms with Gasteiger partial charge in [-0.25, -0.2) is 6.57 Å². The molecule has 1 spiro atoms. The number of benzene rings is 2. The van der Waals surface area contributed by atoms with Gasteiger partial charge in [0.2, 0.25) is 17.7 Å². The summed E-state index contributed by atoms with van der Waals surface area (Å²) in [7, 11) is 0. The lowest BCUT2D eigenvalue weighted by atomic mass is 9.80. The summed E-state index contributed by atoms with van der Waals surface area (Å²) in [6.45, 7) is 7.81. The fourth-order valence-electron chi connectivity index (χ4n) is 4.83. The number of nitrogens with zero attached hydrogens (tertiary/aromatic N) is 2. The first-order chi connectivity index (χ1) is 15.5. The molecule has 1 saturated heterocycles. The second-order valence-electron chi connectivity index (χ2n) is 8.89. The Hall–Kier alpha value is -3.66. The van der Waals surface area contributed by atoms with Crippen LogP contribution in [0.5, 0.6) is 0 Å². The van der Waals surface area contributed by atoms with E-state index in [1.165, 1.54) is 4.90 Å². The molecular weight excluding hydrogens is 404 g/mol.